The van der Waals surface area contributed by atoms with Crippen molar-refractivity contribution in [3.8, 4) is 11.5 Å². The van der Waals surface area contributed by atoms with E-state index in [4.69, 9.17) is 13.9 Å². The van der Waals surface area contributed by atoms with Gasteiger partial charge in [0, 0.05) is 5.56 Å². The van der Waals surface area contributed by atoms with Gasteiger partial charge in [-0.15, -0.1) is 0 Å². The molecule has 0 saturated heterocycles. The number of hydrogen-bond acceptors (Lipinski definition) is 7. The van der Waals surface area contributed by atoms with Crippen LogP contribution in [0.3, 0.4) is 0 Å². The number of benzene rings is 1. The highest BCUT2D eigenvalue weighted by atomic mass is 79.9. The normalized spacial score (nSPS) is 12.6. The summed E-state index contributed by atoms with van der Waals surface area (Å²) in [7, 11) is 0. The van der Waals surface area contributed by atoms with E-state index in [0.717, 1.165) is 0 Å². The third kappa shape index (κ3) is 3.67. The molecule has 3 aromatic rings. The highest BCUT2D eigenvalue weighted by Gasteiger charge is 2.19. The van der Waals surface area contributed by atoms with E-state index < -0.39 is 4.92 Å². The van der Waals surface area contributed by atoms with Gasteiger partial charge in [-0.2, -0.15) is 4.68 Å². The summed E-state index contributed by atoms with van der Waals surface area (Å²) in [5, 5.41) is 14.7. The van der Waals surface area contributed by atoms with Gasteiger partial charge in [0.15, 0.2) is 17.3 Å². The summed E-state index contributed by atoms with van der Waals surface area (Å²) in [5.74, 6) is 1.70. The zero-order valence-corrected chi connectivity index (χ0v) is 15.8. The SMILES string of the molecule is O=C(/C=C/c1ccc(Cn2cc(Br)c([N+](=O)[O-])n2)o1)c1ccc2c(c1)OCO2. The van der Waals surface area contributed by atoms with Gasteiger partial charge in [0.1, 0.15) is 22.5 Å². The number of halogens is 1. The number of hydrogen-bond donors (Lipinski definition) is 0. The van der Waals surface area contributed by atoms with E-state index in [1.807, 2.05) is 0 Å². The van der Waals surface area contributed by atoms with Crippen LogP contribution in [0.25, 0.3) is 6.08 Å². The minimum Gasteiger partial charge on any atom is -0.460 e. The minimum atomic E-state index is -0.571. The summed E-state index contributed by atoms with van der Waals surface area (Å²) in [4.78, 5) is 22.6. The number of ether oxygens (including phenoxy) is 2. The Kier molecular flexibility index (Phi) is 4.70. The Labute approximate surface area is 166 Å². The second-order valence-electron chi connectivity index (χ2n) is 5.83. The van der Waals surface area contributed by atoms with E-state index in [1.165, 1.54) is 17.0 Å². The van der Waals surface area contributed by atoms with E-state index in [0.29, 0.717) is 33.1 Å². The Bertz CT molecular complexity index is 1100. The van der Waals surface area contributed by atoms with Crippen LogP contribution in [0, 0.1) is 10.1 Å². The number of fused-ring (bicyclic) bond motifs is 1. The molecule has 0 bridgehead atoms. The number of furan rings is 1. The van der Waals surface area contributed by atoms with Gasteiger partial charge in [-0.1, -0.05) is 0 Å². The van der Waals surface area contributed by atoms with Crippen molar-refractivity contribution in [2.75, 3.05) is 6.79 Å². The fraction of sp³-hybridized carbons (Fsp3) is 0.111. The van der Waals surface area contributed by atoms with Crippen molar-refractivity contribution in [1.82, 2.24) is 9.78 Å². The molecule has 0 aliphatic carbocycles. The summed E-state index contributed by atoms with van der Waals surface area (Å²) in [6, 6.07) is 8.40. The van der Waals surface area contributed by atoms with Gasteiger partial charge in [-0.25, -0.2) is 0 Å². The summed E-state index contributed by atoms with van der Waals surface area (Å²) < 4.78 is 17.8. The summed E-state index contributed by atoms with van der Waals surface area (Å²) >= 11 is 3.10. The fourth-order valence-corrected chi connectivity index (χ4v) is 3.08. The van der Waals surface area contributed by atoms with Gasteiger partial charge in [-0.3, -0.25) is 4.79 Å². The lowest BCUT2D eigenvalue weighted by atomic mass is 10.1. The van der Waals surface area contributed by atoms with Crippen LogP contribution in [0.15, 0.2) is 51.5 Å². The number of nitro groups is 1. The molecule has 9 nitrogen and oxygen atoms in total. The highest BCUT2D eigenvalue weighted by molar-refractivity contribution is 9.10. The van der Waals surface area contributed by atoms with Gasteiger partial charge in [0.25, 0.3) is 0 Å². The second-order valence-corrected chi connectivity index (χ2v) is 6.68. The largest absolute Gasteiger partial charge is 0.460 e. The molecule has 0 saturated carbocycles. The molecule has 0 unspecified atom stereocenters. The second kappa shape index (κ2) is 7.31. The average Bonchev–Trinajstić information content (AvgIpc) is 3.39. The van der Waals surface area contributed by atoms with E-state index in [-0.39, 0.29) is 24.9 Å². The van der Waals surface area contributed by atoms with Gasteiger partial charge >= 0.3 is 5.82 Å². The Morgan fingerprint density at radius 2 is 2.11 bits per heavy atom. The zero-order chi connectivity index (χ0) is 19.7. The summed E-state index contributed by atoms with van der Waals surface area (Å²) in [6.45, 7) is 0.365. The van der Waals surface area contributed by atoms with Crippen molar-refractivity contribution in [1.29, 1.82) is 0 Å². The summed E-state index contributed by atoms with van der Waals surface area (Å²) in [5.41, 5.74) is 0.473. The lowest BCUT2D eigenvalue weighted by molar-refractivity contribution is -0.390. The van der Waals surface area contributed by atoms with Crippen LogP contribution in [-0.4, -0.2) is 27.3 Å². The number of rotatable bonds is 6. The first-order valence-corrected chi connectivity index (χ1v) is 8.87. The topological polar surface area (TPSA) is 110 Å². The van der Waals surface area contributed by atoms with Crippen molar-refractivity contribution < 1.29 is 23.6 Å². The Morgan fingerprint density at radius 1 is 1.29 bits per heavy atom. The molecule has 0 amide bonds. The first-order valence-electron chi connectivity index (χ1n) is 8.08. The Balaban J connectivity index is 1.43. The molecular weight excluding hydrogens is 434 g/mol. The van der Waals surface area contributed by atoms with Crippen LogP contribution in [0.2, 0.25) is 0 Å². The molecule has 10 heteroatoms. The first kappa shape index (κ1) is 18.0. The van der Waals surface area contributed by atoms with Crippen LogP contribution in [-0.2, 0) is 6.54 Å². The van der Waals surface area contributed by atoms with Crippen molar-refractivity contribution in [2.24, 2.45) is 0 Å². The van der Waals surface area contributed by atoms with Crippen molar-refractivity contribution in [3.05, 3.63) is 74.3 Å². The zero-order valence-electron chi connectivity index (χ0n) is 14.2. The summed E-state index contributed by atoms with van der Waals surface area (Å²) in [6.07, 6.45) is 4.45. The van der Waals surface area contributed by atoms with Crippen LogP contribution in [0.1, 0.15) is 21.9 Å². The van der Waals surface area contributed by atoms with E-state index in [1.54, 1.807) is 36.4 Å². The predicted molar refractivity (Wildman–Crippen MR) is 100 cm³/mol. The molecular formula is C18H12BrN3O6. The molecule has 0 N–H and O–H groups in total. The van der Waals surface area contributed by atoms with E-state index in [9.17, 15) is 14.9 Å². The monoisotopic (exact) mass is 445 g/mol. The molecule has 0 fully saturated rings. The standard InChI is InChI=1S/C18H12BrN3O6/c19-14-9-21(20-18(14)22(24)25)8-13-3-2-12(28-13)4-5-15(23)11-1-6-16-17(7-11)27-10-26-16/h1-7,9H,8,10H2/b5-4+. The van der Waals surface area contributed by atoms with Gasteiger partial charge in [0.2, 0.25) is 6.79 Å². The lowest BCUT2D eigenvalue weighted by Crippen LogP contribution is -2.00. The van der Waals surface area contributed by atoms with E-state index in [2.05, 4.69) is 21.0 Å². The quantitative estimate of drug-likeness (QED) is 0.245. The Hall–Kier alpha value is -3.40. The number of nitrogens with zero attached hydrogens (tertiary/aromatic N) is 3. The maximum absolute atomic E-state index is 12.3. The lowest BCUT2D eigenvalue weighted by Gasteiger charge is -1.98. The third-order valence-electron chi connectivity index (χ3n) is 3.93. The molecule has 0 spiro atoms. The van der Waals surface area contributed by atoms with Crippen LogP contribution < -0.4 is 9.47 Å². The van der Waals surface area contributed by atoms with Gasteiger partial charge in [-0.05, 0) is 63.3 Å². The molecule has 1 aliphatic heterocycles. The van der Waals surface area contributed by atoms with Crippen molar-refractivity contribution >= 4 is 33.6 Å². The van der Waals surface area contributed by atoms with Crippen LogP contribution in [0.5, 0.6) is 11.5 Å². The average molecular weight is 446 g/mol. The molecule has 0 atom stereocenters. The minimum absolute atomic E-state index is 0.147. The number of aromatic nitrogens is 2. The fourth-order valence-electron chi connectivity index (χ4n) is 2.62. The number of carbonyl (C=O) groups is 1. The van der Waals surface area contributed by atoms with Gasteiger partial charge in [0.05, 0.1) is 11.3 Å². The van der Waals surface area contributed by atoms with Crippen molar-refractivity contribution in [2.45, 2.75) is 6.54 Å². The van der Waals surface area contributed by atoms with Crippen LogP contribution in [0.4, 0.5) is 5.82 Å². The molecule has 1 aromatic carbocycles. The highest BCUT2D eigenvalue weighted by Crippen LogP contribution is 2.32. The third-order valence-corrected chi connectivity index (χ3v) is 4.49. The number of carbonyl (C=O) groups excluding carboxylic acids is 1. The first-order chi connectivity index (χ1) is 13.5. The van der Waals surface area contributed by atoms with Gasteiger partial charge < -0.3 is 24.0 Å². The number of ketones is 1. The molecule has 142 valence electrons. The molecule has 2 aromatic heterocycles. The maximum Gasteiger partial charge on any atom is 0.404 e. The maximum atomic E-state index is 12.3. The predicted octanol–water partition coefficient (Wildman–Crippen LogP) is 3.82. The molecule has 0 radical (unpaired) electrons. The smallest absolute Gasteiger partial charge is 0.404 e. The van der Waals surface area contributed by atoms with Crippen LogP contribution >= 0.6 is 15.9 Å². The molecule has 28 heavy (non-hydrogen) atoms. The Morgan fingerprint density at radius 3 is 2.89 bits per heavy atom. The molecule has 1 aliphatic rings. The van der Waals surface area contributed by atoms with Crippen molar-refractivity contribution in [3.63, 3.8) is 0 Å². The molecule has 3 heterocycles. The number of allylic oxidation sites excluding steroid dienone is 1. The molecule has 4 rings (SSSR count). The van der Waals surface area contributed by atoms with E-state index >= 15 is 0 Å².